The van der Waals surface area contributed by atoms with E-state index in [2.05, 4.69) is 9.72 Å². The fourth-order valence-electron chi connectivity index (χ4n) is 0.906. The molecule has 17 heavy (non-hydrogen) atoms. The molecule has 94 valence electrons. The fraction of sp³-hybridized carbons (Fsp3) is 0.250. The van der Waals surface area contributed by atoms with Gasteiger partial charge in [0.15, 0.2) is 6.61 Å². The fourth-order valence-corrected chi connectivity index (χ4v) is 1.10. The van der Waals surface area contributed by atoms with Gasteiger partial charge in [0.1, 0.15) is 0 Å². The molecule has 1 aromatic rings. The largest absolute Gasteiger partial charge is 0.468 e. The Kier molecular flexibility index (Phi) is 4.13. The van der Waals surface area contributed by atoms with Crippen LogP contribution in [-0.2, 0) is 0 Å². The molecule has 0 spiro atoms. The third-order valence-corrected chi connectivity index (χ3v) is 1.89. The molecule has 0 fully saturated rings. The molecule has 9 heteroatoms. The van der Waals surface area contributed by atoms with E-state index in [4.69, 9.17) is 17.4 Å². The molecule has 3 N–H and O–H groups in total. The summed E-state index contributed by atoms with van der Waals surface area (Å²) in [4.78, 5) is 14.6. The SMILES string of the molecule is NNC(=O)c1cc(OCC(F)(F)F)ncc1Cl. The normalized spacial score (nSPS) is 11.1. The van der Waals surface area contributed by atoms with Gasteiger partial charge in [-0.25, -0.2) is 10.8 Å². The van der Waals surface area contributed by atoms with Crippen molar-refractivity contribution in [1.29, 1.82) is 0 Å². The molecule has 5 nitrogen and oxygen atoms in total. The number of aromatic nitrogens is 1. The third-order valence-electron chi connectivity index (χ3n) is 1.59. The minimum absolute atomic E-state index is 0.0488. The molecule has 0 aromatic carbocycles. The molecule has 1 rings (SSSR count). The maximum atomic E-state index is 11.9. The number of alkyl halides is 3. The Balaban J connectivity index is 2.86. The first-order chi connectivity index (χ1) is 7.83. The Morgan fingerprint density at radius 2 is 2.24 bits per heavy atom. The number of nitrogens with one attached hydrogen (secondary N) is 1. The second kappa shape index (κ2) is 5.19. The Morgan fingerprint density at radius 3 is 2.76 bits per heavy atom. The van der Waals surface area contributed by atoms with E-state index in [0.29, 0.717) is 0 Å². The number of hydrogen-bond donors (Lipinski definition) is 2. The Bertz CT molecular complexity index is 425. The molecule has 0 bridgehead atoms. The number of rotatable bonds is 3. The third kappa shape index (κ3) is 4.08. The minimum atomic E-state index is -4.49. The summed E-state index contributed by atoms with van der Waals surface area (Å²) in [6, 6.07) is 0.969. The number of pyridine rings is 1. The quantitative estimate of drug-likeness (QED) is 0.492. The van der Waals surface area contributed by atoms with Crippen LogP contribution >= 0.6 is 11.6 Å². The van der Waals surface area contributed by atoms with Crippen molar-refractivity contribution >= 4 is 17.5 Å². The van der Waals surface area contributed by atoms with Crippen molar-refractivity contribution in [2.24, 2.45) is 5.84 Å². The van der Waals surface area contributed by atoms with Crippen LogP contribution in [0.5, 0.6) is 5.88 Å². The van der Waals surface area contributed by atoms with Crippen LogP contribution in [0.2, 0.25) is 5.02 Å². The molecular weight excluding hydrogens is 263 g/mol. The van der Waals surface area contributed by atoms with Gasteiger partial charge in [0.2, 0.25) is 5.88 Å². The average molecular weight is 270 g/mol. The number of hydrogen-bond acceptors (Lipinski definition) is 4. The number of nitrogens with zero attached hydrogens (tertiary/aromatic N) is 1. The summed E-state index contributed by atoms with van der Waals surface area (Å²) in [5.74, 6) is 3.74. The molecule has 0 saturated carbocycles. The number of hydrazine groups is 1. The Morgan fingerprint density at radius 1 is 1.59 bits per heavy atom. The van der Waals surface area contributed by atoms with E-state index in [-0.39, 0.29) is 16.5 Å². The van der Waals surface area contributed by atoms with Gasteiger partial charge in [0.25, 0.3) is 5.91 Å². The molecule has 1 aromatic heterocycles. The average Bonchev–Trinajstić information content (AvgIpc) is 2.26. The summed E-state index contributed by atoms with van der Waals surface area (Å²) >= 11 is 5.60. The highest BCUT2D eigenvalue weighted by molar-refractivity contribution is 6.33. The van der Waals surface area contributed by atoms with Gasteiger partial charge in [-0.15, -0.1) is 0 Å². The van der Waals surface area contributed by atoms with Gasteiger partial charge < -0.3 is 4.74 Å². The first-order valence-electron chi connectivity index (χ1n) is 4.19. The lowest BCUT2D eigenvalue weighted by Crippen LogP contribution is -2.30. The van der Waals surface area contributed by atoms with Crippen molar-refractivity contribution in [3.8, 4) is 5.88 Å². The summed E-state index contributed by atoms with van der Waals surface area (Å²) in [5, 5.41) is -0.0488. The second-order valence-corrected chi connectivity index (χ2v) is 3.29. The predicted molar refractivity (Wildman–Crippen MR) is 52.5 cm³/mol. The first-order valence-corrected chi connectivity index (χ1v) is 4.57. The maximum Gasteiger partial charge on any atom is 0.422 e. The summed E-state index contributed by atoms with van der Waals surface area (Å²) in [7, 11) is 0. The van der Waals surface area contributed by atoms with Crippen molar-refractivity contribution in [2.75, 3.05) is 6.61 Å². The zero-order chi connectivity index (χ0) is 13.1. The van der Waals surface area contributed by atoms with Gasteiger partial charge in [0, 0.05) is 6.07 Å². The minimum Gasteiger partial charge on any atom is -0.468 e. The van der Waals surface area contributed by atoms with Gasteiger partial charge in [-0.2, -0.15) is 13.2 Å². The van der Waals surface area contributed by atoms with Crippen LogP contribution in [0.3, 0.4) is 0 Å². The van der Waals surface area contributed by atoms with Crippen molar-refractivity contribution in [3.05, 3.63) is 22.8 Å². The second-order valence-electron chi connectivity index (χ2n) is 2.88. The molecule has 1 amide bonds. The molecule has 0 aliphatic heterocycles. The van der Waals surface area contributed by atoms with Crippen molar-refractivity contribution in [1.82, 2.24) is 10.4 Å². The van der Waals surface area contributed by atoms with Crippen molar-refractivity contribution in [2.45, 2.75) is 6.18 Å². The van der Waals surface area contributed by atoms with E-state index in [1.54, 1.807) is 5.43 Å². The van der Waals surface area contributed by atoms with E-state index < -0.39 is 18.7 Å². The zero-order valence-corrected chi connectivity index (χ0v) is 8.97. The van der Waals surface area contributed by atoms with Gasteiger partial charge in [-0.1, -0.05) is 11.6 Å². The molecular formula is C8H7ClF3N3O2. The van der Waals surface area contributed by atoms with Crippen LogP contribution < -0.4 is 16.0 Å². The number of ether oxygens (including phenoxy) is 1. The number of carbonyl (C=O) groups is 1. The number of halogens is 4. The van der Waals surface area contributed by atoms with E-state index in [0.717, 1.165) is 12.3 Å². The lowest BCUT2D eigenvalue weighted by Gasteiger charge is -2.09. The summed E-state index contributed by atoms with van der Waals surface area (Å²) < 4.78 is 39.9. The number of amides is 1. The van der Waals surface area contributed by atoms with Crippen molar-refractivity contribution < 1.29 is 22.7 Å². The number of nitrogen functional groups attached to an aromatic ring is 1. The number of carbonyl (C=O) groups excluding carboxylic acids is 1. The van der Waals surface area contributed by atoms with Crippen LogP contribution in [-0.4, -0.2) is 23.7 Å². The zero-order valence-electron chi connectivity index (χ0n) is 8.21. The molecule has 1 heterocycles. The smallest absolute Gasteiger partial charge is 0.422 e. The highest BCUT2D eigenvalue weighted by Crippen LogP contribution is 2.21. The molecule has 0 atom stereocenters. The van der Waals surface area contributed by atoms with Crippen LogP contribution in [0, 0.1) is 0 Å². The van der Waals surface area contributed by atoms with Gasteiger partial charge in [-0.05, 0) is 0 Å². The van der Waals surface area contributed by atoms with Crippen LogP contribution in [0.15, 0.2) is 12.3 Å². The molecule has 0 aliphatic rings. The van der Waals surface area contributed by atoms with Gasteiger partial charge in [0.05, 0.1) is 16.8 Å². The van der Waals surface area contributed by atoms with Crippen LogP contribution in [0.25, 0.3) is 0 Å². The highest BCUT2D eigenvalue weighted by Gasteiger charge is 2.28. The number of nitrogens with two attached hydrogens (primary N) is 1. The monoisotopic (exact) mass is 269 g/mol. The predicted octanol–water partition coefficient (Wildman–Crippen LogP) is 1.28. The van der Waals surface area contributed by atoms with Gasteiger partial charge in [-0.3, -0.25) is 10.2 Å². The summed E-state index contributed by atoms with van der Waals surface area (Å²) in [6.45, 7) is -1.51. The summed E-state index contributed by atoms with van der Waals surface area (Å²) in [6.07, 6.45) is -3.49. The van der Waals surface area contributed by atoms with E-state index in [1.165, 1.54) is 0 Å². The topological polar surface area (TPSA) is 77.2 Å². The Labute approximate surface area is 98.7 Å². The van der Waals surface area contributed by atoms with E-state index in [9.17, 15) is 18.0 Å². The maximum absolute atomic E-state index is 11.9. The highest BCUT2D eigenvalue weighted by atomic mass is 35.5. The van der Waals surface area contributed by atoms with Crippen molar-refractivity contribution in [3.63, 3.8) is 0 Å². The standard InChI is InChI=1S/C8H7ClF3N3O2/c9-5-2-14-6(17-3-8(10,11)12)1-4(5)7(16)15-13/h1-2H,3,13H2,(H,15,16). The lowest BCUT2D eigenvalue weighted by atomic mass is 10.2. The Hall–Kier alpha value is -1.54. The molecule has 0 radical (unpaired) electrons. The molecule has 0 saturated heterocycles. The van der Waals surface area contributed by atoms with Crippen LogP contribution in [0.1, 0.15) is 10.4 Å². The molecule has 0 unspecified atom stereocenters. The van der Waals surface area contributed by atoms with Gasteiger partial charge >= 0.3 is 6.18 Å². The van der Waals surface area contributed by atoms with E-state index >= 15 is 0 Å². The first kappa shape index (κ1) is 13.5. The summed E-state index contributed by atoms with van der Waals surface area (Å²) in [5.41, 5.74) is 1.67. The lowest BCUT2D eigenvalue weighted by molar-refractivity contribution is -0.154. The molecule has 0 aliphatic carbocycles. The van der Waals surface area contributed by atoms with E-state index in [1.807, 2.05) is 0 Å². The van der Waals surface area contributed by atoms with Crippen LogP contribution in [0.4, 0.5) is 13.2 Å².